The highest BCUT2D eigenvalue weighted by molar-refractivity contribution is 6.08. The molecule has 27 heavy (non-hydrogen) atoms. The number of imide groups is 1. The number of carbonyl (C=O) groups is 3. The Kier molecular flexibility index (Phi) is 5.39. The molecule has 146 valence electrons. The lowest BCUT2D eigenvalue weighted by molar-refractivity contribution is -0.134. The Labute approximate surface area is 159 Å². The molecule has 0 aromatic heterocycles. The lowest BCUT2D eigenvalue weighted by Crippen LogP contribution is -2.46. The van der Waals surface area contributed by atoms with E-state index in [1.165, 1.54) is 0 Å². The van der Waals surface area contributed by atoms with Crippen molar-refractivity contribution in [2.75, 3.05) is 13.7 Å². The van der Waals surface area contributed by atoms with Gasteiger partial charge < -0.3 is 15.4 Å². The summed E-state index contributed by atoms with van der Waals surface area (Å²) in [5, 5.41) is 5.63. The minimum absolute atomic E-state index is 0.0831. The zero-order valence-corrected chi connectivity index (χ0v) is 16.1. The first kappa shape index (κ1) is 19.2. The highest BCUT2D eigenvalue weighted by Gasteiger charge is 2.48. The molecule has 7 heteroatoms. The first-order chi connectivity index (χ1) is 12.8. The van der Waals surface area contributed by atoms with Crippen LogP contribution in [0.15, 0.2) is 24.3 Å². The molecule has 0 bridgehead atoms. The number of benzene rings is 1. The number of aryl methyl sites for hydroxylation is 1. The Morgan fingerprint density at radius 1 is 1.33 bits per heavy atom. The molecule has 4 amide bonds. The number of ether oxygens (including phenoxy) is 1. The molecule has 0 unspecified atom stereocenters. The highest BCUT2D eigenvalue weighted by atomic mass is 16.5. The molecular weight excluding hydrogens is 346 g/mol. The van der Waals surface area contributed by atoms with Gasteiger partial charge in [-0.15, -0.1) is 0 Å². The van der Waals surface area contributed by atoms with Crippen molar-refractivity contribution in [2.45, 2.75) is 51.1 Å². The number of hydrogen-bond acceptors (Lipinski definition) is 4. The van der Waals surface area contributed by atoms with Crippen molar-refractivity contribution >= 4 is 17.8 Å². The van der Waals surface area contributed by atoms with Gasteiger partial charge in [0.25, 0.3) is 5.91 Å². The summed E-state index contributed by atoms with van der Waals surface area (Å²) in [7, 11) is 1.61. The second kappa shape index (κ2) is 7.58. The van der Waals surface area contributed by atoms with Gasteiger partial charge in [0.15, 0.2) is 0 Å². The monoisotopic (exact) mass is 373 g/mol. The molecular formula is C20H27N3O4. The van der Waals surface area contributed by atoms with E-state index in [0.717, 1.165) is 29.1 Å². The third kappa shape index (κ3) is 4.40. The van der Waals surface area contributed by atoms with Crippen LogP contribution in [0, 0.1) is 5.92 Å². The molecule has 1 saturated carbocycles. The normalized spacial score (nSPS) is 23.1. The molecule has 0 spiro atoms. The van der Waals surface area contributed by atoms with E-state index < -0.39 is 11.6 Å². The fourth-order valence-corrected chi connectivity index (χ4v) is 3.40. The molecule has 1 aliphatic carbocycles. The minimum atomic E-state index is -1.00. The van der Waals surface area contributed by atoms with Crippen LogP contribution in [-0.4, -0.2) is 48.0 Å². The van der Waals surface area contributed by atoms with Crippen LogP contribution in [0.1, 0.15) is 38.7 Å². The fourth-order valence-electron chi connectivity index (χ4n) is 3.40. The molecule has 0 radical (unpaired) electrons. The molecule has 3 rings (SSSR count). The molecule has 2 atom stereocenters. The molecule has 2 N–H and O–H groups in total. The molecule has 1 saturated heterocycles. The number of amides is 4. The van der Waals surface area contributed by atoms with Crippen molar-refractivity contribution in [2.24, 2.45) is 5.92 Å². The number of urea groups is 1. The average molecular weight is 373 g/mol. The van der Waals surface area contributed by atoms with Gasteiger partial charge in [-0.2, -0.15) is 0 Å². The third-order valence-electron chi connectivity index (χ3n) is 5.44. The molecule has 2 aliphatic rings. The van der Waals surface area contributed by atoms with Gasteiger partial charge in [0.1, 0.15) is 17.8 Å². The summed E-state index contributed by atoms with van der Waals surface area (Å²) < 4.78 is 5.14. The molecule has 1 aliphatic heterocycles. The first-order valence-electron chi connectivity index (χ1n) is 9.39. The van der Waals surface area contributed by atoms with Crippen molar-refractivity contribution < 1.29 is 19.1 Å². The van der Waals surface area contributed by atoms with Crippen molar-refractivity contribution in [3.63, 3.8) is 0 Å². The summed E-state index contributed by atoms with van der Waals surface area (Å²) in [6, 6.07) is 7.18. The molecule has 1 heterocycles. The zero-order chi connectivity index (χ0) is 19.6. The van der Waals surface area contributed by atoms with Gasteiger partial charge in [-0.3, -0.25) is 14.5 Å². The van der Waals surface area contributed by atoms with E-state index in [1.807, 2.05) is 31.2 Å². The molecule has 1 aromatic carbocycles. The average Bonchev–Trinajstić information content (AvgIpc) is 3.46. The SMILES string of the molecule is COc1ccc(CC[C@]2(C)NC(=O)N(CC(=O)N[C@@H](C)C3CC3)C2=O)cc1. The Morgan fingerprint density at radius 3 is 2.59 bits per heavy atom. The number of rotatable bonds is 8. The minimum Gasteiger partial charge on any atom is -0.497 e. The van der Waals surface area contributed by atoms with E-state index in [0.29, 0.717) is 18.8 Å². The lowest BCUT2D eigenvalue weighted by Gasteiger charge is -2.22. The van der Waals surface area contributed by atoms with Crippen LogP contribution in [0.2, 0.25) is 0 Å². The van der Waals surface area contributed by atoms with E-state index in [2.05, 4.69) is 10.6 Å². The largest absolute Gasteiger partial charge is 0.497 e. The van der Waals surface area contributed by atoms with Gasteiger partial charge in [0.05, 0.1) is 7.11 Å². The van der Waals surface area contributed by atoms with Crippen LogP contribution in [0.4, 0.5) is 4.79 Å². The summed E-state index contributed by atoms with van der Waals surface area (Å²) >= 11 is 0. The fraction of sp³-hybridized carbons (Fsp3) is 0.550. The van der Waals surface area contributed by atoms with Crippen molar-refractivity contribution in [1.82, 2.24) is 15.5 Å². The smallest absolute Gasteiger partial charge is 0.325 e. The maximum Gasteiger partial charge on any atom is 0.325 e. The third-order valence-corrected chi connectivity index (χ3v) is 5.44. The maximum absolute atomic E-state index is 12.8. The van der Waals surface area contributed by atoms with Gasteiger partial charge in [0.2, 0.25) is 5.91 Å². The van der Waals surface area contributed by atoms with Gasteiger partial charge in [0, 0.05) is 6.04 Å². The lowest BCUT2D eigenvalue weighted by atomic mass is 9.93. The summed E-state index contributed by atoms with van der Waals surface area (Å²) in [6.07, 6.45) is 3.33. The predicted octanol–water partition coefficient (Wildman–Crippen LogP) is 1.85. The predicted molar refractivity (Wildman–Crippen MR) is 100 cm³/mol. The van der Waals surface area contributed by atoms with Gasteiger partial charge in [-0.05, 0) is 63.1 Å². The number of nitrogens with one attached hydrogen (secondary N) is 2. The van der Waals surface area contributed by atoms with Gasteiger partial charge in [-0.25, -0.2) is 4.79 Å². The van der Waals surface area contributed by atoms with Crippen LogP contribution in [0.25, 0.3) is 0 Å². The van der Waals surface area contributed by atoms with E-state index in [9.17, 15) is 14.4 Å². The standard InChI is InChI=1S/C20H27N3O4/c1-13(15-6-7-15)21-17(24)12-23-18(25)20(2,22-19(23)26)11-10-14-4-8-16(27-3)9-5-14/h4-5,8-9,13,15H,6-7,10-12H2,1-3H3,(H,21,24)(H,22,26)/t13-,20-/m0/s1. The Balaban J connectivity index is 1.56. The number of carbonyl (C=O) groups excluding carboxylic acids is 3. The molecule has 1 aromatic rings. The van der Waals surface area contributed by atoms with Crippen LogP contribution in [-0.2, 0) is 16.0 Å². The second-order valence-corrected chi connectivity index (χ2v) is 7.70. The number of methoxy groups -OCH3 is 1. The maximum atomic E-state index is 12.8. The van der Waals surface area contributed by atoms with Crippen LogP contribution in [0.3, 0.4) is 0 Å². The number of hydrogen-bond donors (Lipinski definition) is 2. The zero-order valence-electron chi connectivity index (χ0n) is 16.1. The molecule has 7 nitrogen and oxygen atoms in total. The van der Waals surface area contributed by atoms with Crippen molar-refractivity contribution in [3.8, 4) is 5.75 Å². The second-order valence-electron chi connectivity index (χ2n) is 7.70. The van der Waals surface area contributed by atoms with E-state index in [-0.39, 0.29) is 24.4 Å². The Morgan fingerprint density at radius 2 is 2.00 bits per heavy atom. The topological polar surface area (TPSA) is 87.7 Å². The quantitative estimate of drug-likeness (QED) is 0.681. The van der Waals surface area contributed by atoms with E-state index in [4.69, 9.17) is 4.74 Å². The summed E-state index contributed by atoms with van der Waals surface area (Å²) in [4.78, 5) is 38.2. The van der Waals surface area contributed by atoms with Crippen LogP contribution >= 0.6 is 0 Å². The first-order valence-corrected chi connectivity index (χ1v) is 9.39. The summed E-state index contributed by atoms with van der Waals surface area (Å²) in [5.74, 6) is 0.646. The van der Waals surface area contributed by atoms with E-state index >= 15 is 0 Å². The van der Waals surface area contributed by atoms with Gasteiger partial charge in [-0.1, -0.05) is 12.1 Å². The summed E-state index contributed by atoms with van der Waals surface area (Å²) in [5.41, 5.74) is 0.0490. The Bertz CT molecular complexity index is 729. The van der Waals surface area contributed by atoms with Crippen molar-refractivity contribution in [3.05, 3.63) is 29.8 Å². The van der Waals surface area contributed by atoms with E-state index in [1.54, 1.807) is 14.0 Å². The van der Waals surface area contributed by atoms with Crippen molar-refractivity contribution in [1.29, 1.82) is 0 Å². The van der Waals surface area contributed by atoms with Crippen LogP contribution in [0.5, 0.6) is 5.75 Å². The molecule has 2 fully saturated rings. The number of nitrogens with zero attached hydrogens (tertiary/aromatic N) is 1. The van der Waals surface area contributed by atoms with Gasteiger partial charge >= 0.3 is 6.03 Å². The Hall–Kier alpha value is -2.57. The highest BCUT2D eigenvalue weighted by Crippen LogP contribution is 2.32. The summed E-state index contributed by atoms with van der Waals surface area (Å²) in [6.45, 7) is 3.43. The van der Waals surface area contributed by atoms with Crippen LogP contribution < -0.4 is 15.4 Å².